The van der Waals surface area contributed by atoms with Crippen molar-refractivity contribution in [3.8, 4) is 17.6 Å². The molecule has 3 aromatic rings. The van der Waals surface area contributed by atoms with Crippen LogP contribution in [-0.4, -0.2) is 25.9 Å². The van der Waals surface area contributed by atoms with Crippen LogP contribution in [0.5, 0.6) is 11.5 Å². The summed E-state index contributed by atoms with van der Waals surface area (Å²) in [7, 11) is 3.14. The molecule has 0 saturated heterocycles. The van der Waals surface area contributed by atoms with Crippen LogP contribution in [0.25, 0.3) is 0 Å². The summed E-state index contributed by atoms with van der Waals surface area (Å²) >= 11 is 0. The minimum Gasteiger partial charge on any atom is -0.497 e. The van der Waals surface area contributed by atoms with Crippen LogP contribution < -0.4 is 25.0 Å². The number of fused-ring (bicyclic) bond motifs is 3. The van der Waals surface area contributed by atoms with Gasteiger partial charge in [0.1, 0.15) is 28.8 Å². The molecule has 212 valence electrons. The standard InChI is InChI=1S/C34H32N4O4/c1-33(2)17-28-30(29(39)18-33)34(26(19-35)31(36)38(28)22-10-12-23(41-3)13-11-22)25-16-24(42-4)14-15-27(25)37(32(34)40)20-21-8-6-5-7-9-21/h5-16H,17-18,20,36H2,1-4H3. The number of Topliss-reactive ketones (excluding diaryl/α,β-unsaturated/α-hetero) is 1. The number of anilines is 2. The van der Waals surface area contributed by atoms with E-state index in [1.54, 1.807) is 48.3 Å². The van der Waals surface area contributed by atoms with Crippen molar-refractivity contribution in [3.05, 3.63) is 107 Å². The number of methoxy groups -OCH3 is 2. The fourth-order valence-corrected chi connectivity index (χ4v) is 6.66. The Hall–Kier alpha value is -5.03. The van der Waals surface area contributed by atoms with E-state index in [1.807, 2.05) is 62.4 Å². The normalized spacial score (nSPS) is 20.9. The summed E-state index contributed by atoms with van der Waals surface area (Å²) < 4.78 is 10.9. The summed E-state index contributed by atoms with van der Waals surface area (Å²) in [5.74, 6) is 0.748. The predicted octanol–water partition coefficient (Wildman–Crippen LogP) is 5.35. The van der Waals surface area contributed by atoms with Crippen molar-refractivity contribution in [2.24, 2.45) is 11.1 Å². The lowest BCUT2D eigenvalue weighted by atomic mass is 9.60. The summed E-state index contributed by atoms with van der Waals surface area (Å²) in [6.07, 6.45) is 0.709. The van der Waals surface area contributed by atoms with Crippen molar-refractivity contribution in [2.75, 3.05) is 24.0 Å². The van der Waals surface area contributed by atoms with E-state index >= 15 is 0 Å². The monoisotopic (exact) mass is 560 g/mol. The first kappa shape index (κ1) is 27.2. The van der Waals surface area contributed by atoms with Crippen LogP contribution in [0.2, 0.25) is 0 Å². The first-order valence-electron chi connectivity index (χ1n) is 13.8. The van der Waals surface area contributed by atoms with Gasteiger partial charge in [-0.25, -0.2) is 0 Å². The maximum atomic E-state index is 15.0. The van der Waals surface area contributed by atoms with E-state index in [-0.39, 0.29) is 36.1 Å². The third kappa shape index (κ3) is 3.88. The molecule has 2 N–H and O–H groups in total. The van der Waals surface area contributed by atoms with Crippen molar-refractivity contribution in [3.63, 3.8) is 0 Å². The minimum atomic E-state index is -1.70. The number of benzene rings is 3. The highest BCUT2D eigenvalue weighted by Crippen LogP contribution is 2.59. The number of nitriles is 1. The molecule has 6 rings (SSSR count). The van der Waals surface area contributed by atoms with Crippen molar-refractivity contribution < 1.29 is 19.1 Å². The highest BCUT2D eigenvalue weighted by molar-refractivity contribution is 6.21. The first-order valence-corrected chi connectivity index (χ1v) is 13.8. The molecule has 0 fully saturated rings. The Labute approximate surface area is 245 Å². The van der Waals surface area contributed by atoms with Gasteiger partial charge < -0.3 is 20.1 Å². The van der Waals surface area contributed by atoms with Crippen molar-refractivity contribution in [1.29, 1.82) is 5.26 Å². The summed E-state index contributed by atoms with van der Waals surface area (Å²) in [6, 6.07) is 24.6. The summed E-state index contributed by atoms with van der Waals surface area (Å²) in [4.78, 5) is 32.7. The van der Waals surface area contributed by atoms with Gasteiger partial charge in [-0.3, -0.25) is 14.5 Å². The Bertz CT molecular complexity index is 1720. The highest BCUT2D eigenvalue weighted by Gasteiger charge is 2.63. The maximum absolute atomic E-state index is 15.0. The van der Waals surface area contributed by atoms with Gasteiger partial charge >= 0.3 is 0 Å². The molecule has 0 radical (unpaired) electrons. The molecule has 42 heavy (non-hydrogen) atoms. The zero-order valence-corrected chi connectivity index (χ0v) is 24.1. The molecule has 2 aliphatic heterocycles. The minimum absolute atomic E-state index is 0.0280. The number of nitrogens with zero attached hydrogens (tertiary/aromatic N) is 3. The molecule has 3 aliphatic rings. The van der Waals surface area contributed by atoms with Gasteiger partial charge in [0.2, 0.25) is 5.91 Å². The van der Waals surface area contributed by atoms with Gasteiger partial charge in [-0.1, -0.05) is 44.2 Å². The molecule has 1 unspecified atom stereocenters. The van der Waals surface area contributed by atoms with Crippen LogP contribution in [0.3, 0.4) is 0 Å². The molecule has 3 aromatic carbocycles. The molecule has 1 atom stereocenters. The summed E-state index contributed by atoms with van der Waals surface area (Å²) in [6.45, 7) is 4.33. The second-order valence-electron chi connectivity index (χ2n) is 11.7. The maximum Gasteiger partial charge on any atom is 0.248 e. The molecule has 2 heterocycles. The number of hydrogen-bond donors (Lipinski definition) is 1. The van der Waals surface area contributed by atoms with Crippen LogP contribution in [-0.2, 0) is 21.5 Å². The van der Waals surface area contributed by atoms with Crippen molar-refractivity contribution in [1.82, 2.24) is 0 Å². The molecule has 0 saturated carbocycles. The Morgan fingerprint density at radius 1 is 0.929 bits per heavy atom. The smallest absolute Gasteiger partial charge is 0.248 e. The lowest BCUT2D eigenvalue weighted by molar-refractivity contribution is -0.125. The van der Waals surface area contributed by atoms with E-state index < -0.39 is 10.8 Å². The number of nitrogens with two attached hydrogens (primary N) is 1. The number of allylic oxidation sites excluding steroid dienone is 1. The first-order chi connectivity index (χ1) is 20.2. The quantitative estimate of drug-likeness (QED) is 0.448. The van der Waals surface area contributed by atoms with Crippen molar-refractivity contribution in [2.45, 2.75) is 38.6 Å². The zero-order valence-electron chi connectivity index (χ0n) is 24.1. The largest absolute Gasteiger partial charge is 0.497 e. The average molecular weight is 561 g/mol. The van der Waals surface area contributed by atoms with Gasteiger partial charge in [0.25, 0.3) is 0 Å². The lowest BCUT2D eigenvalue weighted by Gasteiger charge is -2.47. The Morgan fingerprint density at radius 2 is 1.60 bits per heavy atom. The topological polar surface area (TPSA) is 109 Å². The molecule has 8 nitrogen and oxygen atoms in total. The lowest BCUT2D eigenvalue weighted by Crippen LogP contribution is -2.53. The van der Waals surface area contributed by atoms with E-state index in [0.717, 1.165) is 5.56 Å². The zero-order chi connectivity index (χ0) is 29.8. The fraction of sp³-hybridized carbons (Fsp3) is 0.265. The van der Waals surface area contributed by atoms with Crippen LogP contribution in [0.1, 0.15) is 37.8 Å². The van der Waals surface area contributed by atoms with Crippen LogP contribution in [0, 0.1) is 16.7 Å². The summed E-state index contributed by atoms with van der Waals surface area (Å²) in [5, 5.41) is 10.8. The van der Waals surface area contributed by atoms with Gasteiger partial charge in [-0.15, -0.1) is 0 Å². The third-order valence-corrected chi connectivity index (χ3v) is 8.46. The van der Waals surface area contributed by atoms with Gasteiger partial charge in [0.15, 0.2) is 5.78 Å². The predicted molar refractivity (Wildman–Crippen MR) is 160 cm³/mol. The summed E-state index contributed by atoms with van der Waals surface area (Å²) in [5.41, 5.74) is 8.52. The Kier molecular flexibility index (Phi) is 6.34. The molecule has 1 aliphatic carbocycles. The molecular formula is C34H32N4O4. The SMILES string of the molecule is COc1ccc(N2C(N)=C(C#N)C3(C(=O)N(Cc4ccccc4)c4ccc(OC)cc43)C3=C2CC(C)(C)CC3=O)cc1. The van der Waals surface area contributed by atoms with Gasteiger partial charge in [0.05, 0.1) is 26.3 Å². The fourth-order valence-electron chi connectivity index (χ4n) is 6.66. The van der Waals surface area contributed by atoms with Crippen LogP contribution >= 0.6 is 0 Å². The van der Waals surface area contributed by atoms with E-state index in [9.17, 15) is 14.9 Å². The third-order valence-electron chi connectivity index (χ3n) is 8.46. The molecule has 0 bridgehead atoms. The number of carbonyl (C=O) groups is 2. The van der Waals surface area contributed by atoms with Crippen molar-refractivity contribution >= 4 is 23.1 Å². The second kappa shape index (κ2) is 9.81. The van der Waals surface area contributed by atoms with E-state index in [4.69, 9.17) is 15.2 Å². The Morgan fingerprint density at radius 3 is 2.24 bits per heavy atom. The number of ether oxygens (including phenoxy) is 2. The van der Waals surface area contributed by atoms with E-state index in [2.05, 4.69) is 6.07 Å². The number of amides is 1. The molecule has 8 heteroatoms. The average Bonchev–Trinajstić information content (AvgIpc) is 3.20. The van der Waals surface area contributed by atoms with Gasteiger partial charge in [0, 0.05) is 34.6 Å². The van der Waals surface area contributed by atoms with Gasteiger partial charge in [-0.05, 0) is 59.9 Å². The number of ketones is 1. The number of carbonyl (C=O) groups excluding carboxylic acids is 2. The van der Waals surface area contributed by atoms with E-state index in [0.29, 0.717) is 46.1 Å². The number of rotatable bonds is 5. The van der Waals surface area contributed by atoms with E-state index in [1.165, 1.54) is 0 Å². The second-order valence-corrected chi connectivity index (χ2v) is 11.7. The molecule has 1 amide bonds. The van der Waals surface area contributed by atoms with Crippen LogP contribution in [0.4, 0.5) is 11.4 Å². The number of hydrogen-bond acceptors (Lipinski definition) is 7. The van der Waals surface area contributed by atoms with Crippen LogP contribution in [0.15, 0.2) is 95.5 Å². The molecule has 0 aromatic heterocycles. The molecular weight excluding hydrogens is 528 g/mol. The van der Waals surface area contributed by atoms with Gasteiger partial charge in [-0.2, -0.15) is 5.26 Å². The Balaban J connectivity index is 1.67. The molecule has 1 spiro atoms. The highest BCUT2D eigenvalue weighted by atomic mass is 16.5.